The van der Waals surface area contributed by atoms with Gasteiger partial charge < -0.3 is 14.9 Å². The molecule has 0 amide bonds. The molecule has 0 saturated heterocycles. The van der Waals surface area contributed by atoms with Crippen molar-refractivity contribution in [3.05, 3.63) is 65.0 Å². The maximum absolute atomic E-state index is 13.1. The van der Waals surface area contributed by atoms with Gasteiger partial charge in [-0.2, -0.15) is 0 Å². The van der Waals surface area contributed by atoms with Gasteiger partial charge in [0.25, 0.3) is 0 Å². The number of rotatable bonds is 3. The Labute approximate surface area is 171 Å². The van der Waals surface area contributed by atoms with E-state index in [4.69, 9.17) is 4.74 Å². The number of halogens is 1. The topological polar surface area (TPSA) is 49.7 Å². The van der Waals surface area contributed by atoms with Gasteiger partial charge in [0.2, 0.25) is 0 Å². The van der Waals surface area contributed by atoms with E-state index in [1.807, 2.05) is 0 Å². The molecule has 0 radical (unpaired) electrons. The quantitative estimate of drug-likeness (QED) is 0.798. The first-order valence-corrected chi connectivity index (χ1v) is 10.8. The number of aliphatic hydroxyl groups excluding tert-OH is 2. The predicted octanol–water partition coefficient (Wildman–Crippen LogP) is 4.59. The van der Waals surface area contributed by atoms with E-state index in [1.54, 1.807) is 12.1 Å². The number of ether oxygens (including phenoxy) is 1. The molecule has 0 unspecified atom stereocenters. The lowest BCUT2D eigenvalue weighted by Gasteiger charge is -2.49. The Hall–Kier alpha value is -1.91. The fraction of sp³-hybridized carbons (Fsp3) is 0.520. The summed E-state index contributed by atoms with van der Waals surface area (Å²) in [6.45, 7) is 2.61. The van der Waals surface area contributed by atoms with E-state index in [0.29, 0.717) is 24.4 Å². The zero-order valence-electron chi connectivity index (χ0n) is 16.9. The second-order valence-corrected chi connectivity index (χ2v) is 9.48. The van der Waals surface area contributed by atoms with Gasteiger partial charge in [-0.05, 0) is 96.2 Å². The summed E-state index contributed by atoms with van der Waals surface area (Å²) < 4.78 is 19.0. The van der Waals surface area contributed by atoms with Crippen LogP contribution in [0.5, 0.6) is 5.75 Å². The van der Waals surface area contributed by atoms with E-state index >= 15 is 0 Å². The second-order valence-electron chi connectivity index (χ2n) is 9.48. The minimum absolute atomic E-state index is 0.143. The zero-order valence-corrected chi connectivity index (χ0v) is 16.9. The first-order valence-electron chi connectivity index (χ1n) is 10.8. The lowest BCUT2D eigenvalue weighted by molar-refractivity contribution is -0.0505. The molecule has 154 valence electrons. The third-order valence-electron chi connectivity index (χ3n) is 7.99. The molecule has 5 rings (SSSR count). The molecule has 0 heterocycles. The van der Waals surface area contributed by atoms with Gasteiger partial charge in [-0.25, -0.2) is 4.39 Å². The third-order valence-corrected chi connectivity index (χ3v) is 7.99. The van der Waals surface area contributed by atoms with Crippen LogP contribution >= 0.6 is 0 Å². The van der Waals surface area contributed by atoms with Gasteiger partial charge in [-0.1, -0.05) is 25.1 Å². The molecule has 29 heavy (non-hydrogen) atoms. The summed E-state index contributed by atoms with van der Waals surface area (Å²) in [7, 11) is 0. The van der Waals surface area contributed by atoms with Crippen molar-refractivity contribution in [3.8, 4) is 5.75 Å². The largest absolute Gasteiger partial charge is 0.489 e. The summed E-state index contributed by atoms with van der Waals surface area (Å²) in [5.41, 5.74) is 3.60. The number of fused-ring (bicyclic) bond motifs is 5. The van der Waals surface area contributed by atoms with Gasteiger partial charge in [0.1, 0.15) is 18.2 Å². The average molecular weight is 397 g/mol. The fourth-order valence-corrected chi connectivity index (χ4v) is 6.38. The number of aliphatic hydroxyl groups is 2. The van der Waals surface area contributed by atoms with Crippen molar-refractivity contribution < 1.29 is 19.3 Å². The molecule has 3 nitrogen and oxygen atoms in total. The van der Waals surface area contributed by atoms with Gasteiger partial charge in [0, 0.05) is 0 Å². The van der Waals surface area contributed by atoms with E-state index in [9.17, 15) is 14.6 Å². The van der Waals surface area contributed by atoms with Crippen LogP contribution in [0.25, 0.3) is 0 Å². The SMILES string of the molecule is C[C@]12CC[C@H]3c4ccc(OCc5ccc(F)cc5)cc4CC[C@H]3[C@H]1C[C@@H](O)[C@@H]2O. The molecule has 2 N–H and O–H groups in total. The normalized spacial score (nSPS) is 35.5. The second kappa shape index (κ2) is 7.10. The van der Waals surface area contributed by atoms with Crippen LogP contribution in [0.3, 0.4) is 0 Å². The lowest BCUT2D eigenvalue weighted by atomic mass is 9.55. The smallest absolute Gasteiger partial charge is 0.123 e. The van der Waals surface area contributed by atoms with Crippen LogP contribution in [-0.4, -0.2) is 22.4 Å². The molecule has 0 spiro atoms. The minimum Gasteiger partial charge on any atom is -0.489 e. The number of hydrogen-bond donors (Lipinski definition) is 2. The van der Waals surface area contributed by atoms with Crippen LogP contribution in [0.4, 0.5) is 4.39 Å². The first kappa shape index (κ1) is 19.1. The molecule has 0 bridgehead atoms. The third kappa shape index (κ3) is 3.17. The van der Waals surface area contributed by atoms with E-state index in [1.165, 1.54) is 23.3 Å². The Balaban J connectivity index is 1.33. The van der Waals surface area contributed by atoms with E-state index < -0.39 is 12.2 Å². The highest BCUT2D eigenvalue weighted by molar-refractivity contribution is 5.41. The summed E-state index contributed by atoms with van der Waals surface area (Å²) in [4.78, 5) is 0. The minimum atomic E-state index is -0.586. The van der Waals surface area contributed by atoms with Gasteiger partial charge in [0.05, 0.1) is 12.2 Å². The fourth-order valence-electron chi connectivity index (χ4n) is 6.38. The highest BCUT2D eigenvalue weighted by atomic mass is 19.1. The molecule has 4 heteroatoms. The first-order chi connectivity index (χ1) is 14.0. The molecular weight excluding hydrogens is 367 g/mol. The van der Waals surface area contributed by atoms with Gasteiger partial charge in [-0.15, -0.1) is 0 Å². The molecule has 0 aliphatic heterocycles. The molecule has 3 aliphatic carbocycles. The molecule has 3 aliphatic rings. The van der Waals surface area contributed by atoms with Gasteiger partial charge in [0.15, 0.2) is 0 Å². The number of hydrogen-bond acceptors (Lipinski definition) is 3. The number of benzene rings is 2. The highest BCUT2D eigenvalue weighted by Crippen LogP contribution is 2.60. The van der Waals surface area contributed by atoms with Crippen LogP contribution in [0.15, 0.2) is 42.5 Å². The molecule has 6 atom stereocenters. The summed E-state index contributed by atoms with van der Waals surface area (Å²) in [5.74, 6) is 2.08. The number of aryl methyl sites for hydroxylation is 1. The molecule has 2 saturated carbocycles. The van der Waals surface area contributed by atoms with E-state index in [0.717, 1.165) is 43.4 Å². The Morgan fingerprint density at radius 3 is 2.69 bits per heavy atom. The van der Waals surface area contributed by atoms with Crippen molar-refractivity contribution in [2.75, 3.05) is 0 Å². The summed E-state index contributed by atoms with van der Waals surface area (Å²) in [6.07, 6.45) is 3.74. The summed E-state index contributed by atoms with van der Waals surface area (Å²) >= 11 is 0. The van der Waals surface area contributed by atoms with E-state index in [2.05, 4.69) is 25.1 Å². The van der Waals surface area contributed by atoms with Crippen LogP contribution in [0.1, 0.15) is 55.2 Å². The Bertz CT molecular complexity index is 895. The van der Waals surface area contributed by atoms with Crippen LogP contribution in [-0.2, 0) is 13.0 Å². The molecule has 2 fully saturated rings. The molecular formula is C25H29FO3. The van der Waals surface area contributed by atoms with Crippen molar-refractivity contribution in [2.45, 2.75) is 63.8 Å². The van der Waals surface area contributed by atoms with Crippen molar-refractivity contribution in [2.24, 2.45) is 17.3 Å². The van der Waals surface area contributed by atoms with Crippen LogP contribution in [0, 0.1) is 23.1 Å². The van der Waals surface area contributed by atoms with Crippen LogP contribution in [0.2, 0.25) is 0 Å². The highest BCUT2D eigenvalue weighted by Gasteiger charge is 2.57. The maximum Gasteiger partial charge on any atom is 0.123 e. The maximum atomic E-state index is 13.1. The summed E-state index contributed by atoms with van der Waals surface area (Å²) in [6, 6.07) is 12.9. The van der Waals surface area contributed by atoms with E-state index in [-0.39, 0.29) is 11.2 Å². The average Bonchev–Trinajstić information content (AvgIpc) is 2.97. The van der Waals surface area contributed by atoms with Crippen LogP contribution < -0.4 is 4.74 Å². The van der Waals surface area contributed by atoms with Crippen molar-refractivity contribution >= 4 is 0 Å². The summed E-state index contributed by atoms with van der Waals surface area (Å²) in [5, 5.41) is 20.9. The predicted molar refractivity (Wildman–Crippen MR) is 109 cm³/mol. The monoisotopic (exact) mass is 396 g/mol. The molecule has 2 aromatic rings. The van der Waals surface area contributed by atoms with Crippen molar-refractivity contribution in [3.63, 3.8) is 0 Å². The standard InChI is InChI=1S/C25H29FO3/c1-25-11-10-20-19-9-7-18(29-14-15-2-5-17(26)6-3-15)12-16(19)4-8-21(20)22(25)13-23(27)24(25)28/h2-3,5-7,9,12,20-24,27-28H,4,8,10-11,13-14H2,1H3/t20-,21+,22+,23+,24-,25-/m0/s1. The Kier molecular flexibility index (Phi) is 4.67. The Morgan fingerprint density at radius 2 is 1.90 bits per heavy atom. The molecule has 2 aromatic carbocycles. The van der Waals surface area contributed by atoms with Crippen molar-refractivity contribution in [1.29, 1.82) is 0 Å². The van der Waals surface area contributed by atoms with Gasteiger partial charge in [-0.3, -0.25) is 0 Å². The molecule has 0 aromatic heterocycles. The Morgan fingerprint density at radius 1 is 1.10 bits per heavy atom. The lowest BCUT2D eigenvalue weighted by Crippen LogP contribution is -2.44. The zero-order chi connectivity index (χ0) is 20.2. The van der Waals surface area contributed by atoms with Crippen molar-refractivity contribution in [1.82, 2.24) is 0 Å². The van der Waals surface area contributed by atoms with Gasteiger partial charge >= 0.3 is 0 Å².